The topological polar surface area (TPSA) is 110 Å². The van der Waals surface area contributed by atoms with E-state index in [4.69, 9.17) is 0 Å². The highest BCUT2D eigenvalue weighted by Gasteiger charge is 2.28. The van der Waals surface area contributed by atoms with E-state index in [1.807, 2.05) is 0 Å². The zero-order chi connectivity index (χ0) is 52.3. The normalized spacial score (nSPS) is 13.7. The van der Waals surface area contributed by atoms with E-state index in [0.29, 0.717) is 12.8 Å². The standard InChI is InChI=1S/C66H129NO5/c1-3-5-7-9-11-13-15-17-19-21-23-25-27-29-30-31-32-33-34-35-36-38-39-41-43-45-47-49-51-53-55-57-59-63(69)65(71)62(61-68)67-66(72)64(70)60-58-56-54-52-50-48-46-44-42-40-37-28-26-24-22-20-18-16-14-12-10-8-6-4-2/h24,26,37,40,62-65,68-71H,3-23,25,27-36,38-39,41-61H2,1-2H3,(H,67,72)/b26-24-,40-37-. The molecule has 4 unspecified atom stereocenters. The molecule has 0 saturated carbocycles. The highest BCUT2D eigenvalue weighted by atomic mass is 16.3. The molecule has 0 bridgehead atoms. The van der Waals surface area contributed by atoms with Crippen LogP contribution in [-0.4, -0.2) is 57.3 Å². The van der Waals surface area contributed by atoms with Gasteiger partial charge in [0.2, 0.25) is 5.91 Å². The zero-order valence-corrected chi connectivity index (χ0v) is 48.7. The Morgan fingerprint density at radius 3 is 0.875 bits per heavy atom. The first-order chi connectivity index (χ1) is 35.5. The van der Waals surface area contributed by atoms with E-state index in [-0.39, 0.29) is 0 Å². The molecule has 0 aliphatic heterocycles. The average molecular weight is 1020 g/mol. The summed E-state index contributed by atoms with van der Waals surface area (Å²) in [4.78, 5) is 12.6. The first-order valence-electron chi connectivity index (χ1n) is 32.7. The summed E-state index contributed by atoms with van der Waals surface area (Å²) in [5.41, 5.74) is 0. The zero-order valence-electron chi connectivity index (χ0n) is 48.7. The summed E-state index contributed by atoms with van der Waals surface area (Å²) in [5, 5.41) is 44.2. The molecule has 0 radical (unpaired) electrons. The van der Waals surface area contributed by atoms with Gasteiger partial charge in [0.05, 0.1) is 18.8 Å². The Bertz CT molecular complexity index is 1100. The quantitative estimate of drug-likeness (QED) is 0.0308. The van der Waals surface area contributed by atoms with Crippen molar-refractivity contribution in [3.05, 3.63) is 24.3 Å². The molecule has 6 heteroatoms. The summed E-state index contributed by atoms with van der Waals surface area (Å²) in [7, 11) is 0. The predicted octanol–water partition coefficient (Wildman–Crippen LogP) is 19.8. The Morgan fingerprint density at radius 2 is 0.597 bits per heavy atom. The molecule has 0 aromatic rings. The highest BCUT2D eigenvalue weighted by molar-refractivity contribution is 5.80. The van der Waals surface area contributed by atoms with Crippen LogP contribution in [0.2, 0.25) is 0 Å². The number of amides is 1. The summed E-state index contributed by atoms with van der Waals surface area (Å²) in [6.45, 7) is 4.10. The van der Waals surface area contributed by atoms with E-state index in [1.165, 1.54) is 289 Å². The fourth-order valence-electron chi connectivity index (χ4n) is 10.6. The van der Waals surface area contributed by atoms with Crippen LogP contribution in [0, 0.1) is 0 Å². The van der Waals surface area contributed by atoms with E-state index in [0.717, 1.165) is 44.9 Å². The van der Waals surface area contributed by atoms with Crippen LogP contribution in [0.25, 0.3) is 0 Å². The number of hydrogen-bond acceptors (Lipinski definition) is 5. The lowest BCUT2D eigenvalue weighted by molar-refractivity contribution is -0.132. The van der Waals surface area contributed by atoms with Gasteiger partial charge in [-0.05, 0) is 44.9 Å². The number of aliphatic hydroxyl groups is 4. The second kappa shape index (κ2) is 60.7. The van der Waals surface area contributed by atoms with E-state index >= 15 is 0 Å². The van der Waals surface area contributed by atoms with Crippen LogP contribution < -0.4 is 5.32 Å². The summed E-state index contributed by atoms with van der Waals surface area (Å²) in [6.07, 6.45) is 75.7. The summed E-state index contributed by atoms with van der Waals surface area (Å²) >= 11 is 0. The van der Waals surface area contributed by atoms with Crippen molar-refractivity contribution in [2.75, 3.05) is 6.61 Å². The van der Waals surface area contributed by atoms with E-state index in [1.54, 1.807) is 0 Å². The number of allylic oxidation sites excluding steroid dienone is 4. The Labute approximate surface area is 450 Å². The lowest BCUT2D eigenvalue weighted by Gasteiger charge is -2.27. The van der Waals surface area contributed by atoms with Crippen molar-refractivity contribution in [3.63, 3.8) is 0 Å². The second-order valence-electron chi connectivity index (χ2n) is 22.8. The largest absolute Gasteiger partial charge is 0.394 e. The minimum absolute atomic E-state index is 0.364. The predicted molar refractivity (Wildman–Crippen MR) is 316 cm³/mol. The van der Waals surface area contributed by atoms with Crippen molar-refractivity contribution in [1.29, 1.82) is 0 Å². The molecule has 0 aliphatic carbocycles. The number of hydrogen-bond donors (Lipinski definition) is 5. The first-order valence-corrected chi connectivity index (χ1v) is 32.7. The molecule has 4 atom stereocenters. The Morgan fingerprint density at radius 1 is 0.347 bits per heavy atom. The second-order valence-corrected chi connectivity index (χ2v) is 22.8. The molecule has 72 heavy (non-hydrogen) atoms. The van der Waals surface area contributed by atoms with Crippen molar-refractivity contribution < 1.29 is 25.2 Å². The third kappa shape index (κ3) is 53.6. The van der Waals surface area contributed by atoms with Crippen LogP contribution in [0.15, 0.2) is 24.3 Å². The number of nitrogens with one attached hydrogen (secondary N) is 1. The average Bonchev–Trinajstić information content (AvgIpc) is 3.39. The molecule has 428 valence electrons. The minimum atomic E-state index is -1.26. The van der Waals surface area contributed by atoms with Gasteiger partial charge in [0.1, 0.15) is 12.2 Å². The monoisotopic (exact) mass is 1020 g/mol. The lowest BCUT2D eigenvalue weighted by atomic mass is 9.99. The van der Waals surface area contributed by atoms with Gasteiger partial charge in [-0.1, -0.05) is 340 Å². The van der Waals surface area contributed by atoms with E-state index in [9.17, 15) is 25.2 Å². The van der Waals surface area contributed by atoms with Gasteiger partial charge in [-0.15, -0.1) is 0 Å². The van der Waals surface area contributed by atoms with Gasteiger partial charge in [-0.25, -0.2) is 0 Å². The number of aliphatic hydroxyl groups excluding tert-OH is 4. The van der Waals surface area contributed by atoms with Crippen LogP contribution in [-0.2, 0) is 4.79 Å². The molecule has 0 aromatic heterocycles. The fourth-order valence-corrected chi connectivity index (χ4v) is 10.6. The SMILES string of the molecule is CCCCCCCCCCC/C=C\C/C=C\CCCCCCCCCCC(O)C(=O)NC(CO)C(O)C(O)CCCCCCCCCCCCCCCCCCCCCCCCCCCCCCCCCC. The van der Waals surface area contributed by atoms with Crippen molar-refractivity contribution in [2.24, 2.45) is 0 Å². The summed E-state index contributed by atoms with van der Waals surface area (Å²) < 4.78 is 0. The lowest BCUT2D eigenvalue weighted by Crippen LogP contribution is -2.53. The number of carbonyl (C=O) groups is 1. The molecular formula is C66H129NO5. The van der Waals surface area contributed by atoms with Crippen LogP contribution in [0.3, 0.4) is 0 Å². The maximum absolute atomic E-state index is 12.6. The van der Waals surface area contributed by atoms with Crippen LogP contribution in [0.1, 0.15) is 361 Å². The van der Waals surface area contributed by atoms with Crippen molar-refractivity contribution in [3.8, 4) is 0 Å². The molecule has 6 nitrogen and oxygen atoms in total. The van der Waals surface area contributed by atoms with Crippen molar-refractivity contribution >= 4 is 5.91 Å². The van der Waals surface area contributed by atoms with E-state index < -0.39 is 36.9 Å². The maximum atomic E-state index is 12.6. The smallest absolute Gasteiger partial charge is 0.249 e. The van der Waals surface area contributed by atoms with E-state index in [2.05, 4.69) is 43.5 Å². The minimum Gasteiger partial charge on any atom is -0.394 e. The number of unbranched alkanes of at least 4 members (excludes halogenated alkanes) is 48. The third-order valence-corrected chi connectivity index (χ3v) is 15.7. The highest BCUT2D eigenvalue weighted by Crippen LogP contribution is 2.19. The Hall–Kier alpha value is -1.21. The number of carbonyl (C=O) groups excluding carboxylic acids is 1. The fraction of sp³-hybridized carbons (Fsp3) is 0.924. The molecule has 5 N–H and O–H groups in total. The van der Waals surface area contributed by atoms with Gasteiger partial charge in [0.25, 0.3) is 0 Å². The molecular weight excluding hydrogens is 887 g/mol. The summed E-state index contributed by atoms with van der Waals surface area (Å²) in [6, 6.07) is -0.989. The van der Waals surface area contributed by atoms with Crippen LogP contribution in [0.4, 0.5) is 0 Å². The van der Waals surface area contributed by atoms with Gasteiger partial charge < -0.3 is 25.7 Å². The molecule has 0 aliphatic rings. The van der Waals surface area contributed by atoms with Gasteiger partial charge in [0.15, 0.2) is 0 Å². The molecule has 0 aromatic carbocycles. The molecule has 0 rings (SSSR count). The molecule has 0 saturated heterocycles. The van der Waals surface area contributed by atoms with Gasteiger partial charge >= 0.3 is 0 Å². The third-order valence-electron chi connectivity index (χ3n) is 15.7. The maximum Gasteiger partial charge on any atom is 0.249 e. The first kappa shape index (κ1) is 70.8. The Kier molecular flexibility index (Phi) is 59.6. The molecule has 1 amide bonds. The van der Waals surface area contributed by atoms with Gasteiger partial charge in [-0.2, -0.15) is 0 Å². The molecule has 0 heterocycles. The van der Waals surface area contributed by atoms with Gasteiger partial charge in [0, 0.05) is 0 Å². The van der Waals surface area contributed by atoms with Crippen LogP contribution in [0.5, 0.6) is 0 Å². The number of rotatable bonds is 61. The van der Waals surface area contributed by atoms with Crippen molar-refractivity contribution in [2.45, 2.75) is 385 Å². The van der Waals surface area contributed by atoms with Gasteiger partial charge in [-0.3, -0.25) is 4.79 Å². The van der Waals surface area contributed by atoms with Crippen LogP contribution >= 0.6 is 0 Å². The molecule has 0 spiro atoms. The van der Waals surface area contributed by atoms with Crippen molar-refractivity contribution in [1.82, 2.24) is 5.32 Å². The summed E-state index contributed by atoms with van der Waals surface area (Å²) in [5.74, 6) is -0.583. The molecule has 0 fully saturated rings. The Balaban J connectivity index is 3.56.